The zero-order chi connectivity index (χ0) is 16.7. The Hall–Kier alpha value is -1.42. The quantitative estimate of drug-likeness (QED) is 0.616. The lowest BCUT2D eigenvalue weighted by atomic mass is 9.48. The first-order valence-electron chi connectivity index (χ1n) is 9.40. The molecule has 0 saturated heterocycles. The predicted octanol–water partition coefficient (Wildman–Crippen LogP) is 4.35. The van der Waals surface area contributed by atoms with Crippen LogP contribution in [0.2, 0.25) is 0 Å². The van der Waals surface area contributed by atoms with E-state index in [1.54, 1.807) is 6.07 Å². The Kier molecular flexibility index (Phi) is 2.73. The fraction of sp³-hybridized carbons (Fsp3) is 0.700. The van der Waals surface area contributed by atoms with E-state index in [-0.39, 0.29) is 15.8 Å². The second-order valence-electron chi connectivity index (χ2n) is 8.91. The molecule has 24 heavy (non-hydrogen) atoms. The molecule has 0 radical (unpaired) electrons. The molecule has 3 saturated carbocycles. The number of nitro groups is 1. The second kappa shape index (κ2) is 4.40. The predicted molar refractivity (Wildman–Crippen MR) is 90.8 cm³/mol. The highest BCUT2D eigenvalue weighted by molar-refractivity contribution is 5.49. The lowest BCUT2D eigenvalue weighted by molar-refractivity contribution is -0.385. The van der Waals surface area contributed by atoms with Gasteiger partial charge in [-0.3, -0.25) is 10.1 Å². The van der Waals surface area contributed by atoms with Crippen LogP contribution in [-0.4, -0.2) is 15.6 Å². The maximum Gasteiger partial charge on any atom is 0.272 e. The molecule has 0 spiro atoms. The molecule has 3 atom stereocenters. The van der Waals surface area contributed by atoms with Crippen molar-refractivity contribution in [3.8, 4) is 0 Å². The lowest BCUT2D eigenvalue weighted by Crippen LogP contribution is -2.51. The van der Waals surface area contributed by atoms with Gasteiger partial charge in [0.1, 0.15) is 0 Å². The Labute approximate surface area is 142 Å². The molecule has 1 aromatic carbocycles. The molecule has 4 aliphatic carbocycles. The maximum absolute atomic E-state index is 11.4. The summed E-state index contributed by atoms with van der Waals surface area (Å²) in [4.78, 5) is 11.2. The fourth-order valence-electron chi connectivity index (χ4n) is 7.50. The summed E-state index contributed by atoms with van der Waals surface area (Å²) in [6.07, 6.45) is 8.20. The van der Waals surface area contributed by atoms with Crippen LogP contribution in [0.25, 0.3) is 0 Å². The molecule has 1 aromatic rings. The number of nitro benzene ring substituents is 1. The number of hydrogen-bond donors (Lipinski definition) is 1. The molecular formula is C20H25NO3. The Morgan fingerprint density at radius 3 is 2.62 bits per heavy atom. The van der Waals surface area contributed by atoms with Gasteiger partial charge in [-0.25, -0.2) is 0 Å². The Morgan fingerprint density at radius 1 is 1.17 bits per heavy atom. The zero-order valence-electron chi connectivity index (χ0n) is 14.3. The van der Waals surface area contributed by atoms with Crippen LogP contribution in [0.1, 0.15) is 68.9 Å². The normalized spacial score (nSPS) is 45.4. The Balaban J connectivity index is 1.62. The van der Waals surface area contributed by atoms with Crippen molar-refractivity contribution in [1.82, 2.24) is 0 Å². The van der Waals surface area contributed by atoms with Gasteiger partial charge in [-0.1, -0.05) is 19.1 Å². The molecule has 5 rings (SSSR count). The largest absolute Gasteiger partial charge is 0.389 e. The molecule has 0 heterocycles. The average molecular weight is 327 g/mol. The molecule has 0 aliphatic heterocycles. The van der Waals surface area contributed by atoms with E-state index in [4.69, 9.17) is 0 Å². The minimum Gasteiger partial charge on any atom is -0.389 e. The molecule has 0 amide bonds. The average Bonchev–Trinajstić information content (AvgIpc) is 2.95. The van der Waals surface area contributed by atoms with Crippen LogP contribution in [-0.2, 0) is 6.42 Å². The molecule has 4 nitrogen and oxygen atoms in total. The van der Waals surface area contributed by atoms with E-state index >= 15 is 0 Å². The van der Waals surface area contributed by atoms with Crippen LogP contribution in [0.5, 0.6) is 0 Å². The highest BCUT2D eigenvalue weighted by Crippen LogP contribution is 2.77. The second-order valence-corrected chi connectivity index (χ2v) is 8.91. The van der Waals surface area contributed by atoms with Crippen molar-refractivity contribution in [2.45, 2.75) is 69.8 Å². The number of fused-ring (bicyclic) bond motifs is 3. The van der Waals surface area contributed by atoms with Gasteiger partial charge in [0, 0.05) is 17.0 Å². The molecular weight excluding hydrogens is 302 g/mol. The highest BCUT2D eigenvalue weighted by atomic mass is 16.6. The number of hydrogen-bond acceptors (Lipinski definition) is 3. The maximum atomic E-state index is 11.4. The van der Waals surface area contributed by atoms with Crippen molar-refractivity contribution in [3.63, 3.8) is 0 Å². The van der Waals surface area contributed by atoms with E-state index < -0.39 is 5.60 Å². The van der Waals surface area contributed by atoms with Gasteiger partial charge in [-0.05, 0) is 74.2 Å². The first kappa shape index (κ1) is 14.9. The molecule has 1 N–H and O–H groups in total. The van der Waals surface area contributed by atoms with Gasteiger partial charge in [-0.2, -0.15) is 0 Å². The van der Waals surface area contributed by atoms with Gasteiger partial charge < -0.3 is 5.11 Å². The molecule has 2 bridgehead atoms. The van der Waals surface area contributed by atoms with E-state index in [2.05, 4.69) is 13.0 Å². The first-order chi connectivity index (χ1) is 11.4. The number of aliphatic hydroxyl groups is 1. The topological polar surface area (TPSA) is 63.4 Å². The van der Waals surface area contributed by atoms with Crippen LogP contribution >= 0.6 is 0 Å². The highest BCUT2D eigenvalue weighted by Gasteiger charge is 2.73. The van der Waals surface area contributed by atoms with Crippen molar-refractivity contribution < 1.29 is 10.0 Å². The first-order valence-corrected chi connectivity index (χ1v) is 9.40. The molecule has 4 aliphatic rings. The smallest absolute Gasteiger partial charge is 0.272 e. The monoisotopic (exact) mass is 327 g/mol. The lowest BCUT2D eigenvalue weighted by Gasteiger charge is -2.56. The summed E-state index contributed by atoms with van der Waals surface area (Å²) in [6, 6.07) is 5.66. The molecule has 4 heteroatoms. The van der Waals surface area contributed by atoms with Crippen LogP contribution in [0, 0.1) is 26.9 Å². The van der Waals surface area contributed by atoms with Crippen molar-refractivity contribution >= 4 is 5.69 Å². The third-order valence-corrected chi connectivity index (χ3v) is 8.74. The Morgan fingerprint density at radius 2 is 1.92 bits per heavy atom. The minimum atomic E-state index is -0.457. The van der Waals surface area contributed by atoms with Crippen LogP contribution in [0.4, 0.5) is 5.69 Å². The van der Waals surface area contributed by atoms with E-state index in [9.17, 15) is 15.2 Å². The van der Waals surface area contributed by atoms with Crippen molar-refractivity contribution in [2.24, 2.45) is 16.7 Å². The van der Waals surface area contributed by atoms with Crippen molar-refractivity contribution in [1.29, 1.82) is 0 Å². The summed E-state index contributed by atoms with van der Waals surface area (Å²) in [5.74, 6) is 1.03. The van der Waals surface area contributed by atoms with Gasteiger partial charge in [0.15, 0.2) is 0 Å². The number of nitrogens with zero attached hydrogens (tertiary/aromatic N) is 1. The van der Waals surface area contributed by atoms with Gasteiger partial charge in [0.05, 0.1) is 10.5 Å². The minimum absolute atomic E-state index is 0.0549. The fourth-order valence-corrected chi connectivity index (χ4v) is 7.50. The summed E-state index contributed by atoms with van der Waals surface area (Å²) < 4.78 is 0. The van der Waals surface area contributed by atoms with E-state index in [1.807, 2.05) is 6.07 Å². The molecule has 0 unspecified atom stereocenters. The summed E-state index contributed by atoms with van der Waals surface area (Å²) in [6.45, 7) is 2.34. The van der Waals surface area contributed by atoms with Crippen molar-refractivity contribution in [3.05, 3.63) is 39.4 Å². The van der Waals surface area contributed by atoms with Crippen LogP contribution < -0.4 is 0 Å². The number of benzene rings is 1. The van der Waals surface area contributed by atoms with E-state index in [1.165, 1.54) is 5.56 Å². The van der Waals surface area contributed by atoms with Crippen LogP contribution in [0.3, 0.4) is 0 Å². The van der Waals surface area contributed by atoms with E-state index in [0.717, 1.165) is 56.9 Å². The number of rotatable bonds is 1. The summed E-state index contributed by atoms with van der Waals surface area (Å²) in [5.41, 5.74) is 2.38. The summed E-state index contributed by atoms with van der Waals surface area (Å²) in [5, 5.41) is 22.6. The van der Waals surface area contributed by atoms with Gasteiger partial charge in [0.25, 0.3) is 5.69 Å². The third-order valence-electron chi connectivity index (χ3n) is 8.74. The summed E-state index contributed by atoms with van der Waals surface area (Å²) >= 11 is 0. The van der Waals surface area contributed by atoms with Crippen molar-refractivity contribution in [2.75, 3.05) is 0 Å². The van der Waals surface area contributed by atoms with Gasteiger partial charge in [0.2, 0.25) is 0 Å². The standard InChI is InChI=1S/C20H25NO3/c1-18-8-7-14-13-3-2-4-17(21(23)24)15(13)5-6-16(14)19(18)9-11-20(18,22)12-10-19/h2-4,14,16,22H,5-12H2,1H3/t14-,16-,18+,19?,20?/m1/s1. The molecule has 3 fully saturated rings. The zero-order valence-corrected chi connectivity index (χ0v) is 14.3. The van der Waals surface area contributed by atoms with Crippen LogP contribution in [0.15, 0.2) is 18.2 Å². The van der Waals surface area contributed by atoms with Gasteiger partial charge >= 0.3 is 0 Å². The molecule has 128 valence electrons. The third kappa shape index (κ3) is 1.46. The molecule has 0 aromatic heterocycles. The SMILES string of the molecule is C[C@]12CC[C@@H]3c4cccc([N+](=O)[O-])c4CC[C@H]3C13CCC2(O)CC3. The Bertz CT molecular complexity index is 734. The van der Waals surface area contributed by atoms with E-state index in [0.29, 0.717) is 17.5 Å². The van der Waals surface area contributed by atoms with Gasteiger partial charge in [-0.15, -0.1) is 0 Å². The summed E-state index contributed by atoms with van der Waals surface area (Å²) in [7, 11) is 0.